The second-order valence-corrected chi connectivity index (χ2v) is 10.2. The molecule has 3 aromatic rings. The van der Waals surface area contributed by atoms with Gasteiger partial charge in [-0.25, -0.2) is 0 Å². The molecule has 0 aliphatic carbocycles. The first kappa shape index (κ1) is 27.5. The molecule has 0 radical (unpaired) electrons. The lowest BCUT2D eigenvalue weighted by atomic mass is 9.76. The van der Waals surface area contributed by atoms with E-state index in [1.807, 2.05) is 23.1 Å². The third kappa shape index (κ3) is 5.76. The standard InChI is InChI=1S/C28H30F3N5O4/c1-39-21-5-3-2-4-19(21)17-6-8-18(9-7-17)24(28(29,30)31)40-23-14-22(34-26(32)35-23)36-12-10-27(11-13-36)15-20(25(37)38)33-16-27/h2-9,14,20,24,33H,10-13,15-16H2,1H3,(H,37,38)(H2,32,34,35)/t20?,24-/m1/s1. The van der Waals surface area contributed by atoms with E-state index < -0.39 is 24.3 Å². The van der Waals surface area contributed by atoms with Gasteiger partial charge in [0.25, 0.3) is 0 Å². The molecule has 12 heteroatoms. The predicted octanol–water partition coefficient (Wildman–Crippen LogP) is 4.45. The first-order valence-corrected chi connectivity index (χ1v) is 12.9. The summed E-state index contributed by atoms with van der Waals surface area (Å²) in [5.41, 5.74) is 7.10. The lowest BCUT2D eigenvalue weighted by molar-refractivity contribution is -0.198. The van der Waals surface area contributed by atoms with Crippen LogP contribution in [0.1, 0.15) is 30.9 Å². The zero-order chi connectivity index (χ0) is 28.5. The number of nitrogen functional groups attached to an aromatic ring is 1. The van der Waals surface area contributed by atoms with E-state index in [4.69, 9.17) is 15.2 Å². The van der Waals surface area contributed by atoms with E-state index in [1.54, 1.807) is 18.2 Å². The quantitative estimate of drug-likeness (QED) is 0.387. The Morgan fingerprint density at radius 1 is 1.15 bits per heavy atom. The molecule has 3 heterocycles. The number of carbonyl (C=O) groups is 1. The van der Waals surface area contributed by atoms with Gasteiger partial charge in [-0.05, 0) is 36.3 Å². The summed E-state index contributed by atoms with van der Waals surface area (Å²) in [5.74, 6) is -0.373. The molecule has 40 heavy (non-hydrogen) atoms. The normalized spacial score (nSPS) is 19.4. The molecule has 1 unspecified atom stereocenters. The van der Waals surface area contributed by atoms with Crippen molar-refractivity contribution >= 4 is 17.7 Å². The van der Waals surface area contributed by atoms with Gasteiger partial charge in [-0.3, -0.25) is 4.79 Å². The number of aliphatic carboxylic acids is 1. The lowest BCUT2D eigenvalue weighted by Crippen LogP contribution is -2.41. The van der Waals surface area contributed by atoms with E-state index in [0.29, 0.717) is 56.0 Å². The minimum Gasteiger partial charge on any atom is -0.496 e. The SMILES string of the molecule is COc1ccccc1-c1ccc([C@@H](Oc2cc(N3CCC4(CC3)CNC(C(=O)O)C4)nc(N)n2)C(F)(F)F)cc1. The number of hydrogen-bond acceptors (Lipinski definition) is 8. The summed E-state index contributed by atoms with van der Waals surface area (Å²) >= 11 is 0. The number of piperidine rings is 1. The number of methoxy groups -OCH3 is 1. The Morgan fingerprint density at radius 3 is 2.48 bits per heavy atom. The summed E-state index contributed by atoms with van der Waals surface area (Å²) in [5, 5.41) is 12.4. The van der Waals surface area contributed by atoms with Gasteiger partial charge in [-0.15, -0.1) is 0 Å². The summed E-state index contributed by atoms with van der Waals surface area (Å²) < 4.78 is 53.3. The van der Waals surface area contributed by atoms with Gasteiger partial charge in [-0.1, -0.05) is 42.5 Å². The van der Waals surface area contributed by atoms with Crippen LogP contribution in [-0.4, -0.2) is 60.0 Å². The Morgan fingerprint density at radius 2 is 1.85 bits per heavy atom. The van der Waals surface area contributed by atoms with Crippen molar-refractivity contribution in [2.75, 3.05) is 37.4 Å². The van der Waals surface area contributed by atoms with Gasteiger partial charge in [-0.2, -0.15) is 23.1 Å². The van der Waals surface area contributed by atoms with Crippen molar-refractivity contribution in [3.05, 3.63) is 60.2 Å². The van der Waals surface area contributed by atoms with Crippen molar-refractivity contribution in [1.82, 2.24) is 15.3 Å². The number of nitrogens with one attached hydrogen (secondary N) is 1. The largest absolute Gasteiger partial charge is 0.496 e. The van der Waals surface area contributed by atoms with Crippen molar-refractivity contribution in [2.45, 2.75) is 37.6 Å². The molecule has 2 saturated heterocycles. The highest BCUT2D eigenvalue weighted by atomic mass is 19.4. The van der Waals surface area contributed by atoms with Crippen molar-refractivity contribution in [1.29, 1.82) is 0 Å². The number of anilines is 2. The summed E-state index contributed by atoms with van der Waals surface area (Å²) in [6.45, 7) is 1.72. The maximum atomic E-state index is 14.2. The highest BCUT2D eigenvalue weighted by Gasteiger charge is 2.45. The topological polar surface area (TPSA) is 123 Å². The molecule has 2 fully saturated rings. The smallest absolute Gasteiger partial charge is 0.429 e. The Kier molecular flexibility index (Phi) is 7.45. The van der Waals surface area contributed by atoms with Crippen LogP contribution in [-0.2, 0) is 4.79 Å². The van der Waals surface area contributed by atoms with Crippen molar-refractivity contribution in [3.63, 3.8) is 0 Å². The minimum absolute atomic E-state index is 0.0912. The predicted molar refractivity (Wildman–Crippen MR) is 142 cm³/mol. The zero-order valence-electron chi connectivity index (χ0n) is 21.8. The van der Waals surface area contributed by atoms with Crippen LogP contribution in [0.4, 0.5) is 24.9 Å². The fourth-order valence-electron chi connectivity index (χ4n) is 5.50. The number of benzene rings is 2. The first-order chi connectivity index (χ1) is 19.1. The van der Waals surface area contributed by atoms with Gasteiger partial charge in [0, 0.05) is 36.8 Å². The highest BCUT2D eigenvalue weighted by molar-refractivity contribution is 5.74. The number of hydrogen-bond donors (Lipinski definition) is 3. The number of rotatable bonds is 7. The van der Waals surface area contributed by atoms with Crippen molar-refractivity contribution in [3.8, 4) is 22.8 Å². The molecule has 2 aliphatic heterocycles. The fraction of sp³-hybridized carbons (Fsp3) is 0.393. The molecular weight excluding hydrogens is 527 g/mol. The van der Waals surface area contributed by atoms with Gasteiger partial charge in [0.15, 0.2) is 0 Å². The maximum Gasteiger partial charge on any atom is 0.429 e. The van der Waals surface area contributed by atoms with E-state index in [9.17, 15) is 23.1 Å². The van der Waals surface area contributed by atoms with Crippen LogP contribution in [0.3, 0.4) is 0 Å². The van der Waals surface area contributed by atoms with E-state index in [2.05, 4.69) is 15.3 Å². The Hall–Kier alpha value is -4.06. The maximum absolute atomic E-state index is 14.2. The van der Waals surface area contributed by atoms with Crippen LogP contribution in [0.15, 0.2) is 54.6 Å². The van der Waals surface area contributed by atoms with Gasteiger partial charge in [0.05, 0.1) is 7.11 Å². The van der Waals surface area contributed by atoms with E-state index in [1.165, 1.54) is 25.3 Å². The second-order valence-electron chi connectivity index (χ2n) is 10.2. The molecule has 0 amide bonds. The monoisotopic (exact) mass is 557 g/mol. The number of halogens is 3. The van der Waals surface area contributed by atoms with Crippen LogP contribution >= 0.6 is 0 Å². The highest BCUT2D eigenvalue weighted by Crippen LogP contribution is 2.42. The Balaban J connectivity index is 1.33. The molecule has 212 valence electrons. The van der Waals surface area contributed by atoms with Crippen molar-refractivity contribution < 1.29 is 32.5 Å². The van der Waals surface area contributed by atoms with Gasteiger partial charge >= 0.3 is 12.1 Å². The van der Waals surface area contributed by atoms with E-state index in [0.717, 1.165) is 5.56 Å². The molecule has 2 atom stereocenters. The van der Waals surface area contributed by atoms with Crippen LogP contribution in [0.2, 0.25) is 0 Å². The molecule has 2 aliphatic rings. The number of carboxylic acids is 1. The second kappa shape index (κ2) is 10.8. The number of alkyl halides is 3. The molecule has 0 saturated carbocycles. The molecule has 2 aromatic carbocycles. The third-order valence-electron chi connectivity index (χ3n) is 7.68. The molecular formula is C28H30F3N5O4. The summed E-state index contributed by atoms with van der Waals surface area (Å²) in [6, 6.07) is 14.0. The van der Waals surface area contributed by atoms with Crippen LogP contribution < -0.4 is 25.4 Å². The molecule has 1 spiro atoms. The van der Waals surface area contributed by atoms with E-state index >= 15 is 0 Å². The minimum atomic E-state index is -4.72. The lowest BCUT2D eigenvalue weighted by Gasteiger charge is -2.39. The summed E-state index contributed by atoms with van der Waals surface area (Å²) in [6.07, 6.45) is -5.02. The summed E-state index contributed by atoms with van der Waals surface area (Å²) in [7, 11) is 1.53. The number of ether oxygens (including phenoxy) is 2. The summed E-state index contributed by atoms with van der Waals surface area (Å²) in [4.78, 5) is 21.4. The number of nitrogens with zero attached hydrogens (tertiary/aromatic N) is 3. The Bertz CT molecular complexity index is 1360. The number of nitrogens with two attached hydrogens (primary N) is 1. The number of para-hydroxylation sites is 1. The fourth-order valence-corrected chi connectivity index (χ4v) is 5.50. The van der Waals surface area contributed by atoms with Crippen molar-refractivity contribution in [2.24, 2.45) is 5.41 Å². The van der Waals surface area contributed by atoms with E-state index in [-0.39, 0.29) is 22.8 Å². The van der Waals surface area contributed by atoms with Gasteiger partial charge in [0.1, 0.15) is 17.6 Å². The van der Waals surface area contributed by atoms with Gasteiger partial charge in [0.2, 0.25) is 17.9 Å². The zero-order valence-corrected chi connectivity index (χ0v) is 21.8. The van der Waals surface area contributed by atoms with Crippen LogP contribution in [0.25, 0.3) is 11.1 Å². The molecule has 1 aromatic heterocycles. The third-order valence-corrected chi connectivity index (χ3v) is 7.68. The first-order valence-electron chi connectivity index (χ1n) is 12.9. The van der Waals surface area contributed by atoms with Crippen LogP contribution in [0.5, 0.6) is 11.6 Å². The number of aromatic nitrogens is 2. The molecule has 5 rings (SSSR count). The molecule has 4 N–H and O–H groups in total. The Labute approximate surface area is 229 Å². The van der Waals surface area contributed by atoms with Gasteiger partial charge < -0.3 is 30.5 Å². The molecule has 9 nitrogen and oxygen atoms in total. The number of carboxylic acid groups (broad SMARTS) is 1. The molecule has 0 bridgehead atoms. The average molecular weight is 558 g/mol. The van der Waals surface area contributed by atoms with Crippen LogP contribution in [0, 0.1) is 5.41 Å². The average Bonchev–Trinajstić information content (AvgIpc) is 3.35.